The van der Waals surface area contributed by atoms with Gasteiger partial charge >= 0.3 is 0 Å². The fraction of sp³-hybridized carbons (Fsp3) is 0.647. The van der Waals surface area contributed by atoms with Crippen LogP contribution in [0.2, 0.25) is 0 Å². The number of aliphatic hydroxyl groups excluding tert-OH is 2. The smallest absolute Gasteiger partial charge is 0.134 e. The van der Waals surface area contributed by atoms with Gasteiger partial charge in [-0.1, -0.05) is 63.5 Å². The van der Waals surface area contributed by atoms with Gasteiger partial charge in [0.25, 0.3) is 0 Å². The Morgan fingerprint density at radius 2 is 1.79 bits per heavy atom. The van der Waals surface area contributed by atoms with Gasteiger partial charge in [0.05, 0.1) is 6.10 Å². The molecule has 0 bridgehead atoms. The van der Waals surface area contributed by atoms with Crippen LogP contribution in [0.25, 0.3) is 0 Å². The summed E-state index contributed by atoms with van der Waals surface area (Å²) in [6.45, 7) is 5.61. The van der Waals surface area contributed by atoms with E-state index < -0.39 is 6.10 Å². The maximum absolute atomic E-state index is 9.73. The molecule has 0 rings (SSSR count). The molecule has 2 unspecified atom stereocenters. The Kier molecular flexibility index (Phi) is 12.4. The number of rotatable bonds is 9. The minimum absolute atomic E-state index is 0.248. The second-order valence-electron chi connectivity index (χ2n) is 4.65. The molecule has 2 nitrogen and oxygen atoms in total. The van der Waals surface area contributed by atoms with Crippen molar-refractivity contribution in [3.05, 3.63) is 12.7 Å². The maximum Gasteiger partial charge on any atom is 0.134 e. The van der Waals surface area contributed by atoms with Crippen molar-refractivity contribution in [1.82, 2.24) is 0 Å². The van der Waals surface area contributed by atoms with Gasteiger partial charge < -0.3 is 10.2 Å². The van der Waals surface area contributed by atoms with E-state index in [2.05, 4.69) is 37.2 Å². The predicted octanol–water partition coefficient (Wildman–Crippen LogP) is 3.04. The van der Waals surface area contributed by atoms with Crippen LogP contribution < -0.4 is 0 Å². The molecule has 0 aliphatic rings. The lowest BCUT2D eigenvalue weighted by molar-refractivity contribution is 0.152. The highest BCUT2D eigenvalue weighted by atomic mass is 16.3. The number of hydrogen-bond acceptors (Lipinski definition) is 2. The fourth-order valence-corrected chi connectivity index (χ4v) is 1.64. The third-order valence-electron chi connectivity index (χ3n) is 2.84. The van der Waals surface area contributed by atoms with Gasteiger partial charge in [-0.05, 0) is 24.7 Å². The van der Waals surface area contributed by atoms with Crippen LogP contribution >= 0.6 is 0 Å². The second kappa shape index (κ2) is 13.2. The van der Waals surface area contributed by atoms with E-state index in [0.717, 1.165) is 12.8 Å². The van der Waals surface area contributed by atoms with Gasteiger partial charge in [0.15, 0.2) is 0 Å². The highest BCUT2D eigenvalue weighted by Crippen LogP contribution is 2.09. The molecule has 0 spiro atoms. The summed E-state index contributed by atoms with van der Waals surface area (Å²) in [7, 11) is 0. The average Bonchev–Trinajstić information content (AvgIpc) is 2.42. The highest BCUT2D eigenvalue weighted by Gasteiger charge is 2.01. The normalized spacial score (nSPS) is 12.6. The lowest BCUT2D eigenvalue weighted by Gasteiger charge is -2.07. The van der Waals surface area contributed by atoms with E-state index in [9.17, 15) is 5.11 Å². The molecule has 2 atom stereocenters. The number of unbranched alkanes of at least 4 members (excludes halogenated alkanes) is 4. The SMILES string of the molecule is C=CC(O)C#CC#CCCC(O)CCCCCCC. The van der Waals surface area contributed by atoms with E-state index in [1.807, 2.05) is 0 Å². The molecule has 106 valence electrons. The largest absolute Gasteiger partial charge is 0.393 e. The molecule has 0 fully saturated rings. The third kappa shape index (κ3) is 13.0. The molecular formula is C17H26O2. The third-order valence-corrected chi connectivity index (χ3v) is 2.84. The Hall–Kier alpha value is -1.22. The standard InChI is InChI=1S/C17H26O2/c1-3-5-6-7-11-14-17(19)15-12-9-8-10-13-16(18)4-2/h4,16-19H,2-3,5-7,11-12,14-15H2,1H3. The van der Waals surface area contributed by atoms with Crippen molar-refractivity contribution in [2.75, 3.05) is 0 Å². The minimum Gasteiger partial charge on any atom is -0.393 e. The van der Waals surface area contributed by atoms with E-state index >= 15 is 0 Å². The van der Waals surface area contributed by atoms with Gasteiger partial charge in [-0.15, -0.1) is 0 Å². The molecule has 0 aromatic rings. The number of aliphatic hydroxyl groups is 2. The summed E-state index contributed by atoms with van der Waals surface area (Å²) in [5, 5.41) is 18.8. The summed E-state index contributed by atoms with van der Waals surface area (Å²) in [6.07, 6.45) is 8.64. The lowest BCUT2D eigenvalue weighted by atomic mass is 10.1. The van der Waals surface area contributed by atoms with Crippen LogP contribution in [0.3, 0.4) is 0 Å². The molecule has 0 aromatic heterocycles. The zero-order chi connectivity index (χ0) is 14.3. The van der Waals surface area contributed by atoms with Crippen LogP contribution in [-0.2, 0) is 0 Å². The molecule has 0 aromatic carbocycles. The fourth-order valence-electron chi connectivity index (χ4n) is 1.64. The van der Waals surface area contributed by atoms with E-state index in [-0.39, 0.29) is 6.10 Å². The molecule has 0 aliphatic heterocycles. The highest BCUT2D eigenvalue weighted by molar-refractivity contribution is 5.28. The Bertz CT molecular complexity index is 338. The van der Waals surface area contributed by atoms with Crippen molar-refractivity contribution < 1.29 is 10.2 Å². The maximum atomic E-state index is 9.73. The van der Waals surface area contributed by atoms with Crippen molar-refractivity contribution >= 4 is 0 Å². The van der Waals surface area contributed by atoms with Gasteiger partial charge in [0.2, 0.25) is 0 Å². The molecular weight excluding hydrogens is 236 g/mol. The summed E-state index contributed by atoms with van der Waals surface area (Å²) < 4.78 is 0. The van der Waals surface area contributed by atoms with Crippen LogP contribution in [0.4, 0.5) is 0 Å². The average molecular weight is 262 g/mol. The topological polar surface area (TPSA) is 40.5 Å². The lowest BCUT2D eigenvalue weighted by Crippen LogP contribution is -2.05. The molecule has 19 heavy (non-hydrogen) atoms. The van der Waals surface area contributed by atoms with Crippen LogP contribution in [-0.4, -0.2) is 22.4 Å². The molecule has 0 amide bonds. The van der Waals surface area contributed by atoms with Gasteiger partial charge in [0.1, 0.15) is 6.10 Å². The molecule has 0 saturated carbocycles. The van der Waals surface area contributed by atoms with Gasteiger partial charge in [-0.25, -0.2) is 0 Å². The van der Waals surface area contributed by atoms with E-state index in [0.29, 0.717) is 12.8 Å². The summed E-state index contributed by atoms with van der Waals surface area (Å²) >= 11 is 0. The van der Waals surface area contributed by atoms with Gasteiger partial charge in [-0.2, -0.15) is 0 Å². The summed E-state index contributed by atoms with van der Waals surface area (Å²) in [5.41, 5.74) is 0. The van der Waals surface area contributed by atoms with E-state index in [4.69, 9.17) is 5.11 Å². The zero-order valence-electron chi connectivity index (χ0n) is 12.0. The molecule has 0 aliphatic carbocycles. The van der Waals surface area contributed by atoms with Crippen molar-refractivity contribution in [2.24, 2.45) is 0 Å². The van der Waals surface area contributed by atoms with Gasteiger partial charge in [-0.3, -0.25) is 0 Å². The first-order chi connectivity index (χ1) is 9.20. The minimum atomic E-state index is -0.803. The molecule has 0 radical (unpaired) electrons. The molecule has 0 heterocycles. The quantitative estimate of drug-likeness (QED) is 0.381. The summed E-state index contributed by atoms with van der Waals surface area (Å²) in [5.74, 6) is 10.6. The van der Waals surface area contributed by atoms with Crippen LogP contribution in [0.15, 0.2) is 12.7 Å². The predicted molar refractivity (Wildman–Crippen MR) is 80.4 cm³/mol. The molecule has 2 N–H and O–H groups in total. The van der Waals surface area contributed by atoms with Crippen molar-refractivity contribution in [3.63, 3.8) is 0 Å². The molecule has 0 saturated heterocycles. The first-order valence-electron chi connectivity index (χ1n) is 7.17. The Balaban J connectivity index is 3.56. The van der Waals surface area contributed by atoms with E-state index in [1.165, 1.54) is 31.8 Å². The Morgan fingerprint density at radius 1 is 1.05 bits per heavy atom. The first kappa shape index (κ1) is 17.8. The van der Waals surface area contributed by atoms with Crippen LogP contribution in [0.5, 0.6) is 0 Å². The van der Waals surface area contributed by atoms with E-state index in [1.54, 1.807) is 0 Å². The summed E-state index contributed by atoms with van der Waals surface area (Å²) in [4.78, 5) is 0. The van der Waals surface area contributed by atoms with Crippen molar-refractivity contribution in [3.8, 4) is 23.7 Å². The number of hydrogen-bond donors (Lipinski definition) is 2. The molecule has 2 heteroatoms. The van der Waals surface area contributed by atoms with Crippen molar-refractivity contribution in [1.29, 1.82) is 0 Å². The van der Waals surface area contributed by atoms with Gasteiger partial charge in [0, 0.05) is 6.42 Å². The van der Waals surface area contributed by atoms with Crippen LogP contribution in [0.1, 0.15) is 58.3 Å². The van der Waals surface area contributed by atoms with Crippen LogP contribution in [0, 0.1) is 23.7 Å². The Labute approximate surface area is 117 Å². The monoisotopic (exact) mass is 262 g/mol. The first-order valence-corrected chi connectivity index (χ1v) is 7.17. The second-order valence-corrected chi connectivity index (χ2v) is 4.65. The van der Waals surface area contributed by atoms with Crippen molar-refractivity contribution in [2.45, 2.75) is 70.5 Å². The zero-order valence-corrected chi connectivity index (χ0v) is 12.0. The summed E-state index contributed by atoms with van der Waals surface area (Å²) in [6, 6.07) is 0. The Morgan fingerprint density at radius 3 is 2.47 bits per heavy atom.